The van der Waals surface area contributed by atoms with Gasteiger partial charge >= 0.3 is 0 Å². The largest absolute Gasteiger partial charge is 0.342 e. The summed E-state index contributed by atoms with van der Waals surface area (Å²) in [7, 11) is 0. The van der Waals surface area contributed by atoms with Gasteiger partial charge in [0.05, 0.1) is 16.6 Å². The summed E-state index contributed by atoms with van der Waals surface area (Å²) in [5, 5.41) is 2.96. The van der Waals surface area contributed by atoms with Crippen molar-refractivity contribution in [1.29, 1.82) is 0 Å². The molecule has 0 aliphatic rings. The van der Waals surface area contributed by atoms with Crippen LogP contribution in [0.1, 0.15) is 16.2 Å². The number of anilines is 1. The van der Waals surface area contributed by atoms with Crippen LogP contribution in [0.25, 0.3) is 11.0 Å². The first kappa shape index (κ1) is 14.0. The van der Waals surface area contributed by atoms with Crippen molar-refractivity contribution in [3.05, 3.63) is 51.5 Å². The van der Waals surface area contributed by atoms with Crippen LogP contribution in [-0.4, -0.2) is 20.9 Å². The Morgan fingerprint density at radius 1 is 1.38 bits per heavy atom. The molecule has 0 aliphatic carbocycles. The monoisotopic (exact) mass is 364 g/mol. The first-order valence-corrected chi connectivity index (χ1v) is 7.29. The molecule has 3 rings (SSSR count). The molecule has 0 saturated carbocycles. The fourth-order valence-electron chi connectivity index (χ4n) is 2.00. The van der Waals surface area contributed by atoms with Crippen molar-refractivity contribution >= 4 is 50.2 Å². The molecule has 0 saturated heterocycles. The molecule has 2 N–H and O–H groups in total. The summed E-state index contributed by atoms with van der Waals surface area (Å²) in [6.07, 6.45) is 1.54. The lowest BCUT2D eigenvalue weighted by Crippen LogP contribution is -2.13. The van der Waals surface area contributed by atoms with E-state index in [1.54, 1.807) is 18.3 Å². The van der Waals surface area contributed by atoms with E-state index >= 15 is 0 Å². The van der Waals surface area contributed by atoms with Crippen LogP contribution in [0.3, 0.4) is 0 Å². The number of aromatic amines is 1. The van der Waals surface area contributed by atoms with Crippen LogP contribution >= 0.6 is 27.5 Å². The van der Waals surface area contributed by atoms with Crippen LogP contribution in [0.5, 0.6) is 0 Å². The number of carbonyl (C=O) groups is 1. The Balaban J connectivity index is 1.90. The van der Waals surface area contributed by atoms with Gasteiger partial charge in [-0.1, -0.05) is 11.6 Å². The average Bonchev–Trinajstić information content (AvgIpc) is 2.80. The van der Waals surface area contributed by atoms with Gasteiger partial charge in [-0.15, -0.1) is 0 Å². The second-order valence-electron chi connectivity index (χ2n) is 4.50. The summed E-state index contributed by atoms with van der Waals surface area (Å²) < 4.78 is 0.691. The zero-order valence-corrected chi connectivity index (χ0v) is 13.3. The first-order chi connectivity index (χ1) is 10.0. The number of pyridine rings is 1. The molecule has 0 fully saturated rings. The summed E-state index contributed by atoms with van der Waals surface area (Å²) in [5.74, 6) is 0.511. The number of aryl methyl sites for hydroxylation is 1. The summed E-state index contributed by atoms with van der Waals surface area (Å²) in [6, 6.07) is 7.09. The molecule has 21 heavy (non-hydrogen) atoms. The Bertz CT molecular complexity index is 846. The molecule has 7 heteroatoms. The van der Waals surface area contributed by atoms with Crippen LogP contribution in [0.2, 0.25) is 5.15 Å². The van der Waals surface area contributed by atoms with Crippen LogP contribution < -0.4 is 5.32 Å². The number of halogens is 2. The highest BCUT2D eigenvalue weighted by Crippen LogP contribution is 2.21. The Kier molecular flexibility index (Phi) is 3.65. The number of amides is 1. The smallest absolute Gasteiger partial charge is 0.258 e. The minimum atomic E-state index is -0.315. The molecule has 0 radical (unpaired) electrons. The van der Waals surface area contributed by atoms with Gasteiger partial charge in [0.25, 0.3) is 5.91 Å². The average molecular weight is 366 g/mol. The second kappa shape index (κ2) is 5.46. The number of imidazole rings is 1. The molecular weight excluding hydrogens is 356 g/mol. The lowest BCUT2D eigenvalue weighted by molar-refractivity contribution is 0.102. The molecule has 0 spiro atoms. The SMILES string of the molecule is Cc1nc2ccc(NC(=O)c3cc(Br)cnc3Cl)cc2[nH]1. The van der Waals surface area contributed by atoms with Crippen molar-refractivity contribution in [3.8, 4) is 0 Å². The van der Waals surface area contributed by atoms with Crippen molar-refractivity contribution in [2.75, 3.05) is 5.32 Å². The second-order valence-corrected chi connectivity index (χ2v) is 5.77. The molecule has 1 amide bonds. The van der Waals surface area contributed by atoms with E-state index in [-0.39, 0.29) is 11.1 Å². The minimum Gasteiger partial charge on any atom is -0.342 e. The quantitative estimate of drug-likeness (QED) is 0.676. The van der Waals surface area contributed by atoms with Crippen LogP contribution in [0, 0.1) is 6.92 Å². The van der Waals surface area contributed by atoms with E-state index in [1.165, 1.54) is 0 Å². The van der Waals surface area contributed by atoms with Gasteiger partial charge in [0.2, 0.25) is 0 Å². The number of nitrogens with one attached hydrogen (secondary N) is 2. The third-order valence-electron chi connectivity index (χ3n) is 2.91. The Hall–Kier alpha value is -1.92. The Morgan fingerprint density at radius 3 is 3.00 bits per heavy atom. The molecule has 0 unspecified atom stereocenters. The van der Waals surface area contributed by atoms with E-state index in [1.807, 2.05) is 19.1 Å². The molecule has 106 valence electrons. The van der Waals surface area contributed by atoms with Crippen molar-refractivity contribution in [1.82, 2.24) is 15.0 Å². The summed E-state index contributed by atoms with van der Waals surface area (Å²) >= 11 is 9.22. The van der Waals surface area contributed by atoms with E-state index in [9.17, 15) is 4.79 Å². The zero-order valence-electron chi connectivity index (χ0n) is 10.9. The fourth-order valence-corrected chi connectivity index (χ4v) is 2.52. The van der Waals surface area contributed by atoms with Crippen molar-refractivity contribution < 1.29 is 4.79 Å². The van der Waals surface area contributed by atoms with Crippen molar-refractivity contribution in [2.45, 2.75) is 6.92 Å². The molecule has 0 atom stereocenters. The fraction of sp³-hybridized carbons (Fsp3) is 0.0714. The van der Waals surface area contributed by atoms with E-state index in [0.717, 1.165) is 16.9 Å². The highest BCUT2D eigenvalue weighted by atomic mass is 79.9. The summed E-state index contributed by atoms with van der Waals surface area (Å²) in [5.41, 5.74) is 2.69. The number of H-pyrrole nitrogens is 1. The number of hydrogen-bond acceptors (Lipinski definition) is 3. The number of rotatable bonds is 2. The molecule has 2 aromatic heterocycles. The molecule has 0 bridgehead atoms. The van der Waals surface area contributed by atoms with Gasteiger partial charge in [0, 0.05) is 16.4 Å². The number of fused-ring (bicyclic) bond motifs is 1. The van der Waals surface area contributed by atoms with Crippen molar-refractivity contribution in [2.24, 2.45) is 0 Å². The molecule has 2 heterocycles. The maximum atomic E-state index is 12.2. The molecular formula is C14H10BrClN4O. The van der Waals surface area contributed by atoms with Gasteiger partial charge in [0.1, 0.15) is 11.0 Å². The van der Waals surface area contributed by atoms with Crippen molar-refractivity contribution in [3.63, 3.8) is 0 Å². The summed E-state index contributed by atoms with van der Waals surface area (Å²) in [6.45, 7) is 1.88. The van der Waals surface area contributed by atoms with Gasteiger partial charge in [-0.25, -0.2) is 9.97 Å². The number of hydrogen-bond donors (Lipinski definition) is 2. The van der Waals surface area contributed by atoms with Gasteiger partial charge in [-0.2, -0.15) is 0 Å². The number of nitrogens with zero attached hydrogens (tertiary/aromatic N) is 2. The topological polar surface area (TPSA) is 70.7 Å². The molecule has 1 aromatic carbocycles. The third kappa shape index (κ3) is 2.91. The zero-order chi connectivity index (χ0) is 15.0. The van der Waals surface area contributed by atoms with Gasteiger partial charge < -0.3 is 10.3 Å². The predicted molar refractivity (Wildman–Crippen MR) is 85.7 cm³/mol. The number of carbonyl (C=O) groups excluding carboxylic acids is 1. The number of aromatic nitrogens is 3. The molecule has 0 aliphatic heterocycles. The summed E-state index contributed by atoms with van der Waals surface area (Å²) in [4.78, 5) is 23.6. The van der Waals surface area contributed by atoms with E-state index in [2.05, 4.69) is 36.2 Å². The standard InChI is InChI=1S/C14H10BrClN4O/c1-7-18-11-3-2-9(5-12(11)19-7)20-14(21)10-4-8(15)6-17-13(10)16/h2-6H,1H3,(H,18,19)(H,20,21). The van der Waals surface area contributed by atoms with Gasteiger partial charge in [-0.3, -0.25) is 4.79 Å². The maximum Gasteiger partial charge on any atom is 0.258 e. The lowest BCUT2D eigenvalue weighted by atomic mass is 10.2. The predicted octanol–water partition coefficient (Wildman–Crippen LogP) is 3.93. The molecule has 3 aromatic rings. The maximum absolute atomic E-state index is 12.2. The van der Waals surface area contributed by atoms with Crippen LogP contribution in [0.15, 0.2) is 34.9 Å². The lowest BCUT2D eigenvalue weighted by Gasteiger charge is -2.06. The Morgan fingerprint density at radius 2 is 2.19 bits per heavy atom. The highest BCUT2D eigenvalue weighted by molar-refractivity contribution is 9.10. The number of benzene rings is 1. The van der Waals surface area contributed by atoms with Gasteiger partial charge in [-0.05, 0) is 47.1 Å². The highest BCUT2D eigenvalue weighted by Gasteiger charge is 2.13. The minimum absolute atomic E-state index is 0.161. The van der Waals surface area contributed by atoms with E-state index in [4.69, 9.17) is 11.6 Å². The van der Waals surface area contributed by atoms with Crippen LogP contribution in [-0.2, 0) is 0 Å². The van der Waals surface area contributed by atoms with E-state index < -0.39 is 0 Å². The Labute approximate surface area is 133 Å². The first-order valence-electron chi connectivity index (χ1n) is 6.12. The van der Waals surface area contributed by atoms with E-state index in [0.29, 0.717) is 15.7 Å². The van der Waals surface area contributed by atoms with Gasteiger partial charge in [0.15, 0.2) is 0 Å². The molecule has 5 nitrogen and oxygen atoms in total. The third-order valence-corrected chi connectivity index (χ3v) is 3.64. The normalized spacial score (nSPS) is 10.8. The van der Waals surface area contributed by atoms with Crippen LogP contribution in [0.4, 0.5) is 5.69 Å².